The first-order chi connectivity index (χ1) is 14.4. The van der Waals surface area contributed by atoms with Gasteiger partial charge >= 0.3 is 5.76 Å². The molecule has 0 bridgehead atoms. The highest BCUT2D eigenvalue weighted by molar-refractivity contribution is 7.98. The van der Waals surface area contributed by atoms with Crippen LogP contribution in [0, 0.1) is 10.1 Å². The van der Waals surface area contributed by atoms with Crippen molar-refractivity contribution in [3.05, 3.63) is 68.5 Å². The number of benzene rings is 2. The molecule has 0 fully saturated rings. The third kappa shape index (κ3) is 3.98. The Bertz CT molecular complexity index is 1310. The maximum Gasteiger partial charge on any atom is 0.420 e. The number of non-ortho nitro benzene ring substituents is 1. The highest BCUT2D eigenvalue weighted by atomic mass is 32.2. The molecule has 0 aliphatic carbocycles. The molecule has 4 aromatic rings. The average Bonchev–Trinajstić information content (AvgIpc) is 3.32. The molecular weight excluding hydrogens is 428 g/mol. The average molecular weight is 442 g/mol. The quantitative estimate of drug-likeness (QED) is 0.272. The first-order valence-corrected chi connectivity index (χ1v) is 10.7. The number of aromatic nitrogens is 2. The minimum Gasteiger partial charge on any atom is -0.407 e. The largest absolute Gasteiger partial charge is 0.420 e. The number of hydrogen-bond donors (Lipinski definition) is 1. The van der Waals surface area contributed by atoms with E-state index in [-0.39, 0.29) is 17.8 Å². The third-order valence-corrected chi connectivity index (χ3v) is 5.80. The normalized spacial score (nSPS) is 11.0. The van der Waals surface area contributed by atoms with Crippen LogP contribution in [0.2, 0.25) is 0 Å². The van der Waals surface area contributed by atoms with Crippen LogP contribution in [-0.2, 0) is 11.3 Å². The summed E-state index contributed by atoms with van der Waals surface area (Å²) in [5.41, 5.74) is 1.82. The topological polar surface area (TPSA) is 120 Å². The van der Waals surface area contributed by atoms with E-state index < -0.39 is 16.6 Å². The molecule has 0 aliphatic heterocycles. The van der Waals surface area contributed by atoms with Crippen molar-refractivity contribution in [2.45, 2.75) is 11.4 Å². The summed E-state index contributed by atoms with van der Waals surface area (Å²) in [6.45, 7) is -0.305. The molecule has 0 unspecified atom stereocenters. The van der Waals surface area contributed by atoms with Crippen LogP contribution in [0.5, 0.6) is 0 Å². The third-order valence-electron chi connectivity index (χ3n) is 4.30. The Labute approximate surface area is 177 Å². The summed E-state index contributed by atoms with van der Waals surface area (Å²) in [6, 6.07) is 11.7. The molecule has 4 rings (SSSR count). The van der Waals surface area contributed by atoms with Gasteiger partial charge in [-0.15, -0.1) is 23.1 Å². The van der Waals surface area contributed by atoms with Gasteiger partial charge in [-0.05, 0) is 24.5 Å². The number of carbonyl (C=O) groups excluding carboxylic acids is 1. The van der Waals surface area contributed by atoms with Crippen molar-refractivity contribution in [2.75, 3.05) is 11.6 Å². The van der Waals surface area contributed by atoms with Gasteiger partial charge < -0.3 is 9.73 Å². The van der Waals surface area contributed by atoms with E-state index in [1.54, 1.807) is 11.8 Å². The van der Waals surface area contributed by atoms with Crippen LogP contribution in [0.25, 0.3) is 22.4 Å². The number of carbonyl (C=O) groups is 1. The molecule has 1 amide bonds. The summed E-state index contributed by atoms with van der Waals surface area (Å²) >= 11 is 2.92. The number of thiazole rings is 1. The molecule has 0 atom stereocenters. The van der Waals surface area contributed by atoms with E-state index in [4.69, 9.17) is 4.42 Å². The number of hydrogen-bond acceptors (Lipinski definition) is 8. The number of oxazole rings is 1. The molecule has 0 saturated carbocycles. The zero-order valence-electron chi connectivity index (χ0n) is 15.5. The fourth-order valence-corrected chi connectivity index (χ4v) is 3.99. The van der Waals surface area contributed by atoms with Crippen LogP contribution in [0.15, 0.2) is 62.0 Å². The van der Waals surface area contributed by atoms with Gasteiger partial charge in [-0.1, -0.05) is 12.1 Å². The standard InChI is InChI=1S/C19H14N4O5S2/c1-29-13-5-2-11(3-6-13)14-10-30-18(20-14)21-17(24)9-22-15-7-4-12(23(26)27)8-16(15)28-19(22)25/h2-8,10H,9H2,1H3,(H,20,21,24). The lowest BCUT2D eigenvalue weighted by Gasteiger charge is -2.03. The minimum atomic E-state index is -0.769. The second kappa shape index (κ2) is 8.13. The van der Waals surface area contributed by atoms with Crippen molar-refractivity contribution in [3.8, 4) is 11.3 Å². The Balaban J connectivity index is 1.50. The highest BCUT2D eigenvalue weighted by Crippen LogP contribution is 2.27. The maximum absolute atomic E-state index is 12.4. The predicted molar refractivity (Wildman–Crippen MR) is 115 cm³/mol. The molecule has 2 aromatic heterocycles. The van der Waals surface area contributed by atoms with Gasteiger partial charge in [-0.25, -0.2) is 9.78 Å². The monoisotopic (exact) mass is 442 g/mol. The highest BCUT2D eigenvalue weighted by Gasteiger charge is 2.17. The van der Waals surface area contributed by atoms with Crippen LogP contribution in [-0.4, -0.2) is 26.6 Å². The lowest BCUT2D eigenvalue weighted by Crippen LogP contribution is -2.24. The molecule has 152 valence electrons. The summed E-state index contributed by atoms with van der Waals surface area (Å²) in [5.74, 6) is -1.23. The van der Waals surface area contributed by atoms with E-state index in [0.29, 0.717) is 10.6 Å². The molecule has 9 nitrogen and oxygen atoms in total. The molecule has 2 heterocycles. The van der Waals surface area contributed by atoms with Gasteiger partial charge in [-0.2, -0.15) is 0 Å². The van der Waals surface area contributed by atoms with E-state index in [2.05, 4.69) is 10.3 Å². The van der Waals surface area contributed by atoms with E-state index in [1.807, 2.05) is 35.9 Å². The number of nitro groups is 1. The Hall–Kier alpha value is -3.44. The van der Waals surface area contributed by atoms with Gasteiger partial charge in [-0.3, -0.25) is 19.5 Å². The van der Waals surface area contributed by atoms with Gasteiger partial charge in [0.25, 0.3) is 5.69 Å². The van der Waals surface area contributed by atoms with E-state index >= 15 is 0 Å². The molecule has 0 spiro atoms. The smallest absolute Gasteiger partial charge is 0.407 e. The second-order valence-corrected chi connectivity index (χ2v) is 7.92. The fraction of sp³-hybridized carbons (Fsp3) is 0.105. The van der Waals surface area contributed by atoms with Crippen LogP contribution in [0.1, 0.15) is 0 Å². The molecule has 0 aliphatic rings. The summed E-state index contributed by atoms with van der Waals surface area (Å²) in [5, 5.41) is 15.8. The minimum absolute atomic E-state index is 0.0484. The molecule has 2 aromatic carbocycles. The summed E-state index contributed by atoms with van der Waals surface area (Å²) in [4.78, 5) is 40.3. The molecule has 0 radical (unpaired) electrons. The fourth-order valence-electron chi connectivity index (χ4n) is 2.85. The van der Waals surface area contributed by atoms with Crippen LogP contribution < -0.4 is 11.1 Å². The number of nitrogens with zero attached hydrogens (tertiary/aromatic N) is 3. The zero-order valence-corrected chi connectivity index (χ0v) is 17.2. The lowest BCUT2D eigenvalue weighted by molar-refractivity contribution is -0.384. The molecular formula is C19H14N4O5S2. The first kappa shape index (κ1) is 19.9. The zero-order chi connectivity index (χ0) is 21.3. The number of nitrogens with one attached hydrogen (secondary N) is 1. The van der Waals surface area contributed by atoms with Crippen molar-refractivity contribution in [2.24, 2.45) is 0 Å². The van der Waals surface area contributed by atoms with Gasteiger partial charge in [0.15, 0.2) is 10.7 Å². The van der Waals surface area contributed by atoms with Crippen LogP contribution in [0.3, 0.4) is 0 Å². The number of nitro benzene ring substituents is 1. The van der Waals surface area contributed by atoms with E-state index in [1.165, 1.54) is 23.5 Å². The van der Waals surface area contributed by atoms with Crippen LogP contribution >= 0.6 is 23.1 Å². The number of amides is 1. The predicted octanol–water partition coefficient (Wildman–Crippen LogP) is 3.99. The van der Waals surface area contributed by atoms with Gasteiger partial charge in [0.2, 0.25) is 5.91 Å². The van der Waals surface area contributed by atoms with Crippen molar-refractivity contribution in [1.82, 2.24) is 9.55 Å². The Morgan fingerprint density at radius 1 is 1.30 bits per heavy atom. The van der Waals surface area contributed by atoms with Crippen molar-refractivity contribution in [1.29, 1.82) is 0 Å². The Morgan fingerprint density at radius 2 is 2.07 bits per heavy atom. The molecule has 1 N–H and O–H groups in total. The number of thioether (sulfide) groups is 1. The lowest BCUT2D eigenvalue weighted by atomic mass is 10.2. The Morgan fingerprint density at radius 3 is 2.77 bits per heavy atom. The maximum atomic E-state index is 12.4. The molecule has 0 saturated heterocycles. The van der Waals surface area contributed by atoms with Crippen molar-refractivity contribution >= 4 is 50.9 Å². The number of anilines is 1. The summed E-state index contributed by atoms with van der Waals surface area (Å²) in [7, 11) is 0. The van der Waals surface area contributed by atoms with Crippen molar-refractivity contribution < 1.29 is 14.1 Å². The van der Waals surface area contributed by atoms with Crippen molar-refractivity contribution in [3.63, 3.8) is 0 Å². The number of rotatable bonds is 6. The Kier molecular flexibility index (Phi) is 5.38. The summed E-state index contributed by atoms with van der Waals surface area (Å²) in [6.07, 6.45) is 2.00. The molecule has 30 heavy (non-hydrogen) atoms. The van der Waals surface area contributed by atoms with E-state index in [9.17, 15) is 19.7 Å². The molecule has 11 heteroatoms. The van der Waals surface area contributed by atoms with Gasteiger partial charge in [0, 0.05) is 21.9 Å². The SMILES string of the molecule is CSc1ccc(-c2csc(NC(=O)Cn3c(=O)oc4cc([N+](=O)[O-])ccc43)n2)cc1. The first-order valence-electron chi connectivity index (χ1n) is 8.62. The second-order valence-electron chi connectivity index (χ2n) is 6.18. The van der Waals surface area contributed by atoms with E-state index in [0.717, 1.165) is 26.8 Å². The number of fused-ring (bicyclic) bond motifs is 1. The van der Waals surface area contributed by atoms with Gasteiger partial charge in [0.1, 0.15) is 6.54 Å². The summed E-state index contributed by atoms with van der Waals surface area (Å²) < 4.78 is 6.15. The van der Waals surface area contributed by atoms with Crippen LogP contribution in [0.4, 0.5) is 10.8 Å². The van der Waals surface area contributed by atoms with Gasteiger partial charge in [0.05, 0.1) is 22.2 Å².